The Bertz CT molecular complexity index is 739. The SMILES string of the molecule is COC1=C[C@@]23CCC[C@]2(C[C@H]2C1=CC[C@H]1C(=O)OC(=O)[C@H]12)C3(Br)Br. The Balaban J connectivity index is 1.67. The molecule has 128 valence electrons. The Morgan fingerprint density at radius 1 is 1.21 bits per heavy atom. The average Bonchev–Trinajstić information content (AvgIpc) is 2.85. The fourth-order valence-corrected chi connectivity index (χ4v) is 8.69. The second kappa shape index (κ2) is 4.56. The number of hydrogen-bond acceptors (Lipinski definition) is 4. The molecule has 3 fully saturated rings. The van der Waals surface area contributed by atoms with E-state index < -0.39 is 0 Å². The van der Waals surface area contributed by atoms with Crippen LogP contribution >= 0.6 is 31.9 Å². The second-order valence-corrected chi connectivity index (χ2v) is 11.2. The van der Waals surface area contributed by atoms with Gasteiger partial charge in [-0.15, -0.1) is 0 Å². The minimum absolute atomic E-state index is 0.00847. The first-order chi connectivity index (χ1) is 11.4. The Kier molecular flexibility index (Phi) is 2.97. The zero-order valence-electron chi connectivity index (χ0n) is 13.3. The number of hydrogen-bond donors (Lipinski definition) is 0. The van der Waals surface area contributed by atoms with Gasteiger partial charge in [-0.2, -0.15) is 0 Å². The lowest BCUT2D eigenvalue weighted by Crippen LogP contribution is -2.33. The van der Waals surface area contributed by atoms with Crippen LogP contribution in [0.25, 0.3) is 0 Å². The number of rotatable bonds is 1. The van der Waals surface area contributed by atoms with Crippen molar-refractivity contribution >= 4 is 43.8 Å². The van der Waals surface area contributed by atoms with Crippen molar-refractivity contribution in [3.8, 4) is 0 Å². The largest absolute Gasteiger partial charge is 0.497 e. The van der Waals surface area contributed by atoms with Crippen molar-refractivity contribution in [1.29, 1.82) is 0 Å². The first kappa shape index (κ1) is 15.6. The van der Waals surface area contributed by atoms with Crippen molar-refractivity contribution in [1.82, 2.24) is 0 Å². The Morgan fingerprint density at radius 2 is 2.00 bits per heavy atom. The van der Waals surface area contributed by atoms with Gasteiger partial charge in [-0.1, -0.05) is 44.4 Å². The van der Waals surface area contributed by atoms with Crippen LogP contribution in [-0.2, 0) is 19.1 Å². The molecule has 4 aliphatic carbocycles. The van der Waals surface area contributed by atoms with Gasteiger partial charge in [0.1, 0.15) is 5.76 Å². The molecule has 0 N–H and O–H groups in total. The standard InChI is InChI=1S/C18H18Br2O4/c1-23-12-8-17-6-2-5-16(17,18(17,19)20)7-11-9(12)3-4-10-13(11)15(22)24-14(10)21/h3,8,10-11,13H,2,4-7H2,1H3/t10-,11+,13-,16-,17+/m1/s1. The number of ether oxygens (including phenoxy) is 2. The smallest absolute Gasteiger partial charge is 0.318 e. The summed E-state index contributed by atoms with van der Waals surface area (Å²) < 4.78 is 10.6. The summed E-state index contributed by atoms with van der Waals surface area (Å²) in [5.41, 5.74) is 1.18. The Labute approximate surface area is 157 Å². The lowest BCUT2D eigenvalue weighted by atomic mass is 9.69. The van der Waals surface area contributed by atoms with Crippen LogP contribution in [0.4, 0.5) is 0 Å². The zero-order chi connectivity index (χ0) is 16.9. The van der Waals surface area contributed by atoms with Gasteiger partial charge in [0.05, 0.1) is 22.2 Å². The molecular weight excluding hydrogens is 440 g/mol. The predicted octanol–water partition coefficient (Wildman–Crippen LogP) is 3.84. The van der Waals surface area contributed by atoms with Crippen molar-refractivity contribution in [2.45, 2.75) is 35.3 Å². The third-order valence-electron chi connectivity index (χ3n) is 7.21. The molecule has 1 heterocycles. The zero-order valence-corrected chi connectivity index (χ0v) is 16.5. The van der Waals surface area contributed by atoms with Crippen LogP contribution in [0.2, 0.25) is 0 Å². The molecule has 5 aliphatic rings. The number of esters is 2. The molecule has 0 spiro atoms. The number of cyclic esters (lactones) is 2. The molecule has 0 bridgehead atoms. The highest BCUT2D eigenvalue weighted by molar-refractivity contribution is 9.25. The van der Waals surface area contributed by atoms with Gasteiger partial charge in [-0.05, 0) is 37.3 Å². The molecular formula is C18H18Br2O4. The van der Waals surface area contributed by atoms with Crippen LogP contribution in [0.1, 0.15) is 32.1 Å². The molecule has 6 heteroatoms. The first-order valence-electron chi connectivity index (χ1n) is 8.49. The summed E-state index contributed by atoms with van der Waals surface area (Å²) in [4.78, 5) is 24.4. The van der Waals surface area contributed by atoms with Crippen molar-refractivity contribution in [3.63, 3.8) is 0 Å². The summed E-state index contributed by atoms with van der Waals surface area (Å²) >= 11 is 7.85. The molecule has 0 amide bonds. The topological polar surface area (TPSA) is 52.6 Å². The minimum atomic E-state index is -0.363. The third-order valence-corrected chi connectivity index (χ3v) is 10.1. The van der Waals surface area contributed by atoms with Crippen LogP contribution in [0.5, 0.6) is 0 Å². The Morgan fingerprint density at radius 3 is 2.75 bits per heavy atom. The molecule has 5 atom stereocenters. The summed E-state index contributed by atoms with van der Waals surface area (Å²) in [6, 6.07) is 0. The summed E-state index contributed by atoms with van der Waals surface area (Å²) in [6.07, 6.45) is 9.21. The fourth-order valence-electron chi connectivity index (χ4n) is 6.08. The average molecular weight is 458 g/mol. The molecule has 0 aromatic rings. The van der Waals surface area contributed by atoms with E-state index in [1.165, 1.54) is 6.42 Å². The van der Waals surface area contributed by atoms with Crippen molar-refractivity contribution < 1.29 is 19.1 Å². The van der Waals surface area contributed by atoms with Crippen LogP contribution < -0.4 is 0 Å². The van der Waals surface area contributed by atoms with E-state index in [0.717, 1.165) is 30.6 Å². The van der Waals surface area contributed by atoms with E-state index in [1.807, 2.05) is 0 Å². The highest BCUT2D eigenvalue weighted by atomic mass is 79.9. The highest BCUT2D eigenvalue weighted by Gasteiger charge is 2.86. The van der Waals surface area contributed by atoms with Crippen LogP contribution in [0.15, 0.2) is 23.5 Å². The van der Waals surface area contributed by atoms with E-state index in [9.17, 15) is 9.59 Å². The van der Waals surface area contributed by atoms with E-state index in [0.29, 0.717) is 6.42 Å². The summed E-state index contributed by atoms with van der Waals surface area (Å²) in [7, 11) is 1.69. The normalized spacial score (nSPS) is 47.4. The van der Waals surface area contributed by atoms with Crippen LogP contribution in [0.3, 0.4) is 0 Å². The third kappa shape index (κ3) is 1.48. The number of carbonyl (C=O) groups is 2. The summed E-state index contributed by atoms with van der Waals surface area (Å²) in [6.45, 7) is 0. The number of methoxy groups -OCH3 is 1. The second-order valence-electron chi connectivity index (χ2n) is 7.77. The maximum atomic E-state index is 12.4. The number of halogens is 2. The van der Waals surface area contributed by atoms with Gasteiger partial charge < -0.3 is 9.47 Å². The van der Waals surface area contributed by atoms with E-state index in [1.54, 1.807) is 7.11 Å². The molecule has 24 heavy (non-hydrogen) atoms. The molecule has 1 saturated heterocycles. The molecule has 0 radical (unpaired) electrons. The van der Waals surface area contributed by atoms with Crippen LogP contribution in [-0.4, -0.2) is 22.3 Å². The number of allylic oxidation sites excluding steroid dienone is 3. The molecule has 0 aromatic carbocycles. The van der Waals surface area contributed by atoms with E-state index in [2.05, 4.69) is 44.0 Å². The van der Waals surface area contributed by atoms with E-state index >= 15 is 0 Å². The maximum Gasteiger partial charge on any atom is 0.318 e. The maximum absolute atomic E-state index is 12.4. The highest BCUT2D eigenvalue weighted by Crippen LogP contribution is 2.90. The van der Waals surface area contributed by atoms with Gasteiger partial charge in [0.15, 0.2) is 0 Å². The summed E-state index contributed by atoms with van der Waals surface area (Å²) in [5.74, 6) is -0.538. The van der Waals surface area contributed by atoms with Gasteiger partial charge in [-0.3, -0.25) is 9.59 Å². The fraction of sp³-hybridized carbons (Fsp3) is 0.667. The van der Waals surface area contributed by atoms with E-state index in [4.69, 9.17) is 9.47 Å². The van der Waals surface area contributed by atoms with Crippen molar-refractivity contribution in [2.75, 3.05) is 7.11 Å². The van der Waals surface area contributed by atoms with Gasteiger partial charge in [0.2, 0.25) is 0 Å². The molecule has 1 aliphatic heterocycles. The lowest BCUT2D eigenvalue weighted by molar-refractivity contribution is -0.154. The van der Waals surface area contributed by atoms with Gasteiger partial charge in [0, 0.05) is 16.7 Å². The van der Waals surface area contributed by atoms with Crippen molar-refractivity contribution in [2.24, 2.45) is 28.6 Å². The summed E-state index contributed by atoms with van der Waals surface area (Å²) in [5, 5.41) is 0. The predicted molar refractivity (Wildman–Crippen MR) is 93.3 cm³/mol. The first-order valence-corrected chi connectivity index (χ1v) is 10.1. The monoisotopic (exact) mass is 456 g/mol. The lowest BCUT2D eigenvalue weighted by Gasteiger charge is -2.33. The quantitative estimate of drug-likeness (QED) is 0.341. The number of alkyl halides is 2. The van der Waals surface area contributed by atoms with Gasteiger partial charge in [-0.25, -0.2) is 0 Å². The molecule has 5 rings (SSSR count). The molecule has 4 nitrogen and oxygen atoms in total. The molecule has 0 aromatic heterocycles. The Hall–Kier alpha value is -0.620. The van der Waals surface area contributed by atoms with Crippen molar-refractivity contribution in [3.05, 3.63) is 23.5 Å². The van der Waals surface area contributed by atoms with Crippen LogP contribution in [0, 0.1) is 28.6 Å². The molecule has 2 saturated carbocycles. The van der Waals surface area contributed by atoms with E-state index in [-0.39, 0.29) is 43.8 Å². The number of fused-ring (bicyclic) bond motifs is 3. The molecule has 0 unspecified atom stereocenters. The van der Waals surface area contributed by atoms with Gasteiger partial charge >= 0.3 is 11.9 Å². The number of carbonyl (C=O) groups excluding carboxylic acids is 2. The minimum Gasteiger partial charge on any atom is -0.497 e. The van der Waals surface area contributed by atoms with Gasteiger partial charge in [0.25, 0.3) is 0 Å².